The molecule has 2 aromatic carbocycles. The van der Waals surface area contributed by atoms with Crippen LogP contribution in [0.1, 0.15) is 16.7 Å². The molecule has 0 amide bonds. The summed E-state index contributed by atoms with van der Waals surface area (Å²) in [4.78, 5) is 0. The van der Waals surface area contributed by atoms with E-state index in [4.69, 9.17) is 5.73 Å². The van der Waals surface area contributed by atoms with Crippen LogP contribution in [0.3, 0.4) is 0 Å². The van der Waals surface area contributed by atoms with Crippen LogP contribution >= 0.6 is 0 Å². The second-order valence-corrected chi connectivity index (χ2v) is 4.29. The highest BCUT2D eigenvalue weighted by atomic mass is 16.3. The zero-order valence-corrected chi connectivity index (χ0v) is 10.3. The van der Waals surface area contributed by atoms with Crippen molar-refractivity contribution in [2.24, 2.45) is 5.73 Å². The van der Waals surface area contributed by atoms with E-state index >= 15 is 0 Å². The summed E-state index contributed by atoms with van der Waals surface area (Å²) < 4.78 is 0. The lowest BCUT2D eigenvalue weighted by Crippen LogP contribution is -2.12. The van der Waals surface area contributed by atoms with E-state index in [9.17, 15) is 5.11 Å². The molecule has 0 unspecified atom stereocenters. The highest BCUT2D eigenvalue weighted by molar-refractivity contribution is 5.26. The molecule has 0 aromatic heterocycles. The summed E-state index contributed by atoms with van der Waals surface area (Å²) in [5, 5.41) is 12.6. The summed E-state index contributed by atoms with van der Waals surface area (Å²) in [6, 6.07) is 15.5. The molecule has 18 heavy (non-hydrogen) atoms. The van der Waals surface area contributed by atoms with Crippen molar-refractivity contribution < 1.29 is 5.11 Å². The minimum atomic E-state index is 0.300. The fraction of sp³-hybridized carbons (Fsp3) is 0.200. The quantitative estimate of drug-likeness (QED) is 0.753. The number of benzene rings is 2. The lowest BCUT2D eigenvalue weighted by molar-refractivity contribution is 0.475. The Morgan fingerprint density at radius 3 is 2.28 bits per heavy atom. The summed E-state index contributed by atoms with van der Waals surface area (Å²) in [7, 11) is 0. The van der Waals surface area contributed by atoms with E-state index in [0.29, 0.717) is 12.3 Å². The topological polar surface area (TPSA) is 58.3 Å². The van der Waals surface area contributed by atoms with Crippen molar-refractivity contribution in [1.82, 2.24) is 5.32 Å². The molecule has 0 fully saturated rings. The normalized spacial score (nSPS) is 10.5. The summed E-state index contributed by atoms with van der Waals surface area (Å²) in [6.45, 7) is 2.17. The molecule has 0 aliphatic heterocycles. The van der Waals surface area contributed by atoms with Gasteiger partial charge >= 0.3 is 0 Å². The minimum absolute atomic E-state index is 0.300. The van der Waals surface area contributed by atoms with E-state index < -0.39 is 0 Å². The van der Waals surface area contributed by atoms with Gasteiger partial charge in [0.1, 0.15) is 5.75 Å². The molecule has 0 heterocycles. The van der Waals surface area contributed by atoms with Crippen molar-refractivity contribution in [3.05, 3.63) is 65.2 Å². The number of hydrogen-bond acceptors (Lipinski definition) is 3. The summed E-state index contributed by atoms with van der Waals surface area (Å²) in [5.74, 6) is 0.300. The van der Waals surface area contributed by atoms with Crippen LogP contribution in [-0.2, 0) is 19.6 Å². The molecule has 0 saturated heterocycles. The fourth-order valence-electron chi connectivity index (χ4n) is 1.83. The lowest BCUT2D eigenvalue weighted by atomic mass is 10.1. The lowest BCUT2D eigenvalue weighted by Gasteiger charge is -2.06. The molecule has 2 aromatic rings. The summed E-state index contributed by atoms with van der Waals surface area (Å²) in [6.07, 6.45) is 0. The van der Waals surface area contributed by atoms with Gasteiger partial charge in [0.05, 0.1) is 0 Å². The standard InChI is InChI=1S/C15H18N2O/c16-9-13-2-1-3-14(8-13)11-17-10-12-4-6-15(18)7-5-12/h1-8,17-18H,9-11,16H2. The Morgan fingerprint density at radius 2 is 1.56 bits per heavy atom. The van der Waals surface area contributed by atoms with Crippen molar-refractivity contribution in [2.45, 2.75) is 19.6 Å². The second kappa shape index (κ2) is 6.19. The molecule has 4 N–H and O–H groups in total. The third-order valence-electron chi connectivity index (χ3n) is 2.82. The third-order valence-corrected chi connectivity index (χ3v) is 2.82. The van der Waals surface area contributed by atoms with Gasteiger partial charge in [-0.15, -0.1) is 0 Å². The van der Waals surface area contributed by atoms with Gasteiger partial charge in [0.2, 0.25) is 0 Å². The first-order chi connectivity index (χ1) is 8.78. The zero-order valence-electron chi connectivity index (χ0n) is 10.3. The number of phenols is 1. The number of nitrogens with two attached hydrogens (primary N) is 1. The largest absolute Gasteiger partial charge is 0.508 e. The van der Waals surface area contributed by atoms with Crippen LogP contribution in [0.2, 0.25) is 0 Å². The molecule has 2 rings (SSSR count). The molecular weight excluding hydrogens is 224 g/mol. The number of hydrogen-bond donors (Lipinski definition) is 3. The molecule has 3 heteroatoms. The molecule has 0 saturated carbocycles. The Kier molecular flexibility index (Phi) is 4.34. The van der Waals surface area contributed by atoms with E-state index in [1.165, 1.54) is 5.56 Å². The monoisotopic (exact) mass is 242 g/mol. The maximum atomic E-state index is 9.19. The molecule has 0 aliphatic carbocycles. The van der Waals surface area contributed by atoms with Gasteiger partial charge < -0.3 is 16.2 Å². The third kappa shape index (κ3) is 3.58. The molecule has 0 spiro atoms. The Labute approximate surface area is 107 Å². The molecule has 0 radical (unpaired) electrons. The van der Waals surface area contributed by atoms with Crippen molar-refractivity contribution in [3.63, 3.8) is 0 Å². The Balaban J connectivity index is 1.86. The van der Waals surface area contributed by atoms with Crippen molar-refractivity contribution in [1.29, 1.82) is 0 Å². The molecule has 0 aliphatic rings. The number of rotatable bonds is 5. The predicted octanol–water partition coefficient (Wildman–Crippen LogP) is 2.14. The molecule has 3 nitrogen and oxygen atoms in total. The Morgan fingerprint density at radius 1 is 0.889 bits per heavy atom. The Hall–Kier alpha value is -1.84. The molecule has 0 atom stereocenters. The first-order valence-electron chi connectivity index (χ1n) is 6.04. The summed E-state index contributed by atoms with van der Waals surface area (Å²) in [5.41, 5.74) is 9.15. The molecule has 94 valence electrons. The highest BCUT2D eigenvalue weighted by Crippen LogP contribution is 2.10. The van der Waals surface area contributed by atoms with Crippen LogP contribution in [-0.4, -0.2) is 5.11 Å². The maximum Gasteiger partial charge on any atom is 0.115 e. The summed E-state index contributed by atoms with van der Waals surface area (Å²) >= 11 is 0. The molecular formula is C15H18N2O. The Bertz CT molecular complexity index is 494. The van der Waals surface area contributed by atoms with Gasteiger partial charge in [0, 0.05) is 19.6 Å². The highest BCUT2D eigenvalue weighted by Gasteiger charge is 1.96. The SMILES string of the molecule is NCc1cccc(CNCc2ccc(O)cc2)c1. The van der Waals surface area contributed by atoms with E-state index in [-0.39, 0.29) is 0 Å². The predicted molar refractivity (Wildman–Crippen MR) is 73.0 cm³/mol. The average Bonchev–Trinajstić information content (AvgIpc) is 2.41. The number of nitrogens with one attached hydrogen (secondary N) is 1. The second-order valence-electron chi connectivity index (χ2n) is 4.29. The van der Waals surface area contributed by atoms with Crippen molar-refractivity contribution >= 4 is 0 Å². The van der Waals surface area contributed by atoms with Crippen LogP contribution in [0, 0.1) is 0 Å². The maximum absolute atomic E-state index is 9.19. The minimum Gasteiger partial charge on any atom is -0.508 e. The van der Waals surface area contributed by atoms with Gasteiger partial charge in [0.15, 0.2) is 0 Å². The van der Waals surface area contributed by atoms with Crippen molar-refractivity contribution in [2.75, 3.05) is 0 Å². The number of aromatic hydroxyl groups is 1. The molecule has 0 bridgehead atoms. The van der Waals surface area contributed by atoms with Gasteiger partial charge in [-0.3, -0.25) is 0 Å². The van der Waals surface area contributed by atoms with Crippen LogP contribution in [0.15, 0.2) is 48.5 Å². The van der Waals surface area contributed by atoms with Gasteiger partial charge in [-0.05, 0) is 28.8 Å². The van der Waals surface area contributed by atoms with E-state index in [0.717, 1.165) is 24.2 Å². The van der Waals surface area contributed by atoms with Crippen LogP contribution in [0.5, 0.6) is 5.75 Å². The van der Waals surface area contributed by atoms with E-state index in [2.05, 4.69) is 17.4 Å². The van der Waals surface area contributed by atoms with Crippen LogP contribution in [0.4, 0.5) is 0 Å². The first-order valence-corrected chi connectivity index (χ1v) is 6.04. The first kappa shape index (κ1) is 12.6. The van der Waals surface area contributed by atoms with Crippen LogP contribution < -0.4 is 11.1 Å². The van der Waals surface area contributed by atoms with E-state index in [1.54, 1.807) is 12.1 Å². The van der Waals surface area contributed by atoms with Gasteiger partial charge in [0.25, 0.3) is 0 Å². The van der Waals surface area contributed by atoms with Crippen molar-refractivity contribution in [3.8, 4) is 5.75 Å². The number of phenolic OH excluding ortho intramolecular Hbond substituents is 1. The van der Waals surface area contributed by atoms with Gasteiger partial charge in [-0.2, -0.15) is 0 Å². The smallest absolute Gasteiger partial charge is 0.115 e. The van der Waals surface area contributed by atoms with Gasteiger partial charge in [-0.25, -0.2) is 0 Å². The fourth-order valence-corrected chi connectivity index (χ4v) is 1.83. The average molecular weight is 242 g/mol. The zero-order chi connectivity index (χ0) is 12.8. The van der Waals surface area contributed by atoms with E-state index in [1.807, 2.05) is 24.3 Å². The van der Waals surface area contributed by atoms with Crippen LogP contribution in [0.25, 0.3) is 0 Å². The van der Waals surface area contributed by atoms with Gasteiger partial charge in [-0.1, -0.05) is 36.4 Å².